The van der Waals surface area contributed by atoms with Crippen molar-refractivity contribution in [1.29, 1.82) is 0 Å². The van der Waals surface area contributed by atoms with Gasteiger partial charge in [0.2, 0.25) is 5.88 Å². The van der Waals surface area contributed by atoms with Gasteiger partial charge in [-0.2, -0.15) is 0 Å². The van der Waals surface area contributed by atoms with Crippen molar-refractivity contribution in [2.45, 2.75) is 31.6 Å². The molecule has 2 heterocycles. The van der Waals surface area contributed by atoms with Gasteiger partial charge in [0, 0.05) is 29.2 Å². The van der Waals surface area contributed by atoms with Crippen molar-refractivity contribution in [3.8, 4) is 0 Å². The number of hydrogen-bond donors (Lipinski definition) is 1. The lowest BCUT2D eigenvalue weighted by atomic mass is 9.72. The van der Waals surface area contributed by atoms with Gasteiger partial charge in [0.25, 0.3) is 0 Å². The predicted molar refractivity (Wildman–Crippen MR) is 104 cm³/mol. The molecule has 2 aromatic carbocycles. The second-order valence-corrected chi connectivity index (χ2v) is 7.42. The Labute approximate surface area is 162 Å². The average Bonchev–Trinajstić information content (AvgIpc) is 3.08. The zero-order valence-electron chi connectivity index (χ0n) is 15.4. The molecule has 3 aromatic rings. The van der Waals surface area contributed by atoms with Crippen LogP contribution in [-0.4, -0.2) is 10.9 Å². The molecule has 4 nitrogen and oxygen atoms in total. The standard InChI is InChI=1S/C23H19FN2O2/c1-13-20-21(16-9-5-6-10-17(16)24)22-18(25-23(20)28-26-13)11-15(12-19(22)27)14-7-3-2-4-8-14/h2-10,15,21,25H,11-12H2,1H3/t15-,21+/m0/s1. The number of anilines is 1. The summed E-state index contributed by atoms with van der Waals surface area (Å²) in [6, 6.07) is 16.7. The van der Waals surface area contributed by atoms with Crippen LogP contribution in [0.1, 0.15) is 47.1 Å². The van der Waals surface area contributed by atoms with Crippen LogP contribution in [0, 0.1) is 12.7 Å². The van der Waals surface area contributed by atoms with E-state index >= 15 is 0 Å². The lowest BCUT2D eigenvalue weighted by Gasteiger charge is -2.34. The zero-order chi connectivity index (χ0) is 19.3. The Balaban J connectivity index is 1.66. The fourth-order valence-corrected chi connectivity index (χ4v) is 4.45. The summed E-state index contributed by atoms with van der Waals surface area (Å²) in [5.41, 5.74) is 4.47. The number of aryl methyl sites for hydroxylation is 1. The van der Waals surface area contributed by atoms with E-state index in [9.17, 15) is 9.18 Å². The van der Waals surface area contributed by atoms with Gasteiger partial charge in [0.15, 0.2) is 5.78 Å². The highest BCUT2D eigenvalue weighted by molar-refractivity contribution is 6.01. The highest BCUT2D eigenvalue weighted by Gasteiger charge is 2.41. The van der Waals surface area contributed by atoms with Crippen LogP contribution in [0.5, 0.6) is 0 Å². The first-order chi connectivity index (χ1) is 13.6. The molecule has 0 saturated heterocycles. The first-order valence-electron chi connectivity index (χ1n) is 9.42. The Morgan fingerprint density at radius 3 is 2.61 bits per heavy atom. The minimum atomic E-state index is -0.497. The van der Waals surface area contributed by atoms with E-state index in [0.717, 1.165) is 16.8 Å². The van der Waals surface area contributed by atoms with Crippen LogP contribution in [0.15, 0.2) is 70.4 Å². The Kier molecular flexibility index (Phi) is 3.90. The highest BCUT2D eigenvalue weighted by Crippen LogP contribution is 2.49. The molecule has 0 radical (unpaired) electrons. The number of hydrogen-bond acceptors (Lipinski definition) is 4. The topological polar surface area (TPSA) is 55.1 Å². The van der Waals surface area contributed by atoms with E-state index in [1.807, 2.05) is 37.3 Å². The third-order valence-corrected chi connectivity index (χ3v) is 5.75. The van der Waals surface area contributed by atoms with Gasteiger partial charge in [0.1, 0.15) is 5.82 Å². The SMILES string of the molecule is Cc1noc2c1[C@@H](c1ccccc1F)C1=C(C[C@H](c3ccccc3)CC1=O)N2. The zero-order valence-corrected chi connectivity index (χ0v) is 15.4. The van der Waals surface area contributed by atoms with Crippen molar-refractivity contribution in [2.24, 2.45) is 0 Å². The summed E-state index contributed by atoms with van der Waals surface area (Å²) in [6.45, 7) is 1.82. The van der Waals surface area contributed by atoms with Crippen molar-refractivity contribution in [2.75, 3.05) is 5.32 Å². The number of fused-ring (bicyclic) bond motifs is 1. The minimum Gasteiger partial charge on any atom is -0.338 e. The summed E-state index contributed by atoms with van der Waals surface area (Å²) in [5.74, 6) is -0.186. The smallest absolute Gasteiger partial charge is 0.233 e. The molecule has 1 aliphatic carbocycles. The van der Waals surface area contributed by atoms with Gasteiger partial charge in [-0.05, 0) is 30.9 Å². The molecule has 2 aliphatic rings. The van der Waals surface area contributed by atoms with Crippen LogP contribution >= 0.6 is 0 Å². The van der Waals surface area contributed by atoms with Crippen molar-refractivity contribution in [3.05, 3.63) is 94.1 Å². The van der Waals surface area contributed by atoms with Gasteiger partial charge >= 0.3 is 0 Å². The summed E-state index contributed by atoms with van der Waals surface area (Å²) < 4.78 is 20.2. The lowest BCUT2D eigenvalue weighted by molar-refractivity contribution is -0.116. The van der Waals surface area contributed by atoms with Crippen LogP contribution in [-0.2, 0) is 4.79 Å². The molecule has 0 saturated carbocycles. The number of benzene rings is 2. The maximum Gasteiger partial charge on any atom is 0.233 e. The summed E-state index contributed by atoms with van der Waals surface area (Å²) >= 11 is 0. The van der Waals surface area contributed by atoms with Crippen LogP contribution in [0.3, 0.4) is 0 Å². The Morgan fingerprint density at radius 2 is 1.82 bits per heavy atom. The Hall–Kier alpha value is -3.21. The van der Waals surface area contributed by atoms with Crippen molar-refractivity contribution in [3.63, 3.8) is 0 Å². The number of Topliss-reactive ketones (excluding diaryl/α,β-unsaturated/α-hetero) is 1. The molecule has 0 fully saturated rings. The molecular weight excluding hydrogens is 355 g/mol. The van der Waals surface area contributed by atoms with Gasteiger partial charge in [-0.1, -0.05) is 53.7 Å². The molecule has 0 unspecified atom stereocenters. The second-order valence-electron chi connectivity index (χ2n) is 7.42. The van der Waals surface area contributed by atoms with E-state index in [4.69, 9.17) is 4.52 Å². The summed E-state index contributed by atoms with van der Waals surface area (Å²) in [6.07, 6.45) is 1.09. The molecule has 1 aromatic heterocycles. The van der Waals surface area contributed by atoms with Crippen molar-refractivity contribution >= 4 is 11.7 Å². The van der Waals surface area contributed by atoms with Crippen LogP contribution in [0.2, 0.25) is 0 Å². The fourth-order valence-electron chi connectivity index (χ4n) is 4.45. The van der Waals surface area contributed by atoms with Gasteiger partial charge in [0.05, 0.1) is 11.3 Å². The monoisotopic (exact) mass is 374 g/mol. The molecule has 0 bridgehead atoms. The molecule has 5 heteroatoms. The number of nitrogens with zero attached hydrogens (tertiary/aromatic N) is 1. The largest absolute Gasteiger partial charge is 0.338 e. The number of carbonyl (C=O) groups is 1. The van der Waals surface area contributed by atoms with E-state index in [1.54, 1.807) is 18.2 Å². The number of nitrogens with one attached hydrogen (secondary N) is 1. The molecule has 28 heavy (non-hydrogen) atoms. The summed E-state index contributed by atoms with van der Waals surface area (Å²) in [7, 11) is 0. The van der Waals surface area contributed by atoms with E-state index in [2.05, 4.69) is 10.5 Å². The maximum atomic E-state index is 14.7. The van der Waals surface area contributed by atoms with Gasteiger partial charge in [-0.3, -0.25) is 4.79 Å². The second kappa shape index (κ2) is 6.44. The summed E-state index contributed by atoms with van der Waals surface area (Å²) in [5, 5.41) is 7.34. The molecule has 140 valence electrons. The average molecular weight is 374 g/mol. The fraction of sp³-hybridized carbons (Fsp3) is 0.217. The molecular formula is C23H19FN2O2. The van der Waals surface area contributed by atoms with Crippen LogP contribution < -0.4 is 5.32 Å². The van der Waals surface area contributed by atoms with Crippen molar-refractivity contribution < 1.29 is 13.7 Å². The minimum absolute atomic E-state index is 0.0436. The predicted octanol–water partition coefficient (Wildman–Crippen LogP) is 5.08. The first-order valence-corrected chi connectivity index (χ1v) is 9.42. The molecule has 1 N–H and O–H groups in total. The van der Waals surface area contributed by atoms with E-state index in [0.29, 0.717) is 35.6 Å². The Bertz CT molecular complexity index is 1100. The Morgan fingerprint density at radius 1 is 1.07 bits per heavy atom. The van der Waals surface area contributed by atoms with Crippen LogP contribution in [0.4, 0.5) is 10.3 Å². The third kappa shape index (κ3) is 2.58. The maximum absolute atomic E-state index is 14.7. The van der Waals surface area contributed by atoms with E-state index in [-0.39, 0.29) is 17.5 Å². The molecule has 1 aliphatic heterocycles. The highest BCUT2D eigenvalue weighted by atomic mass is 19.1. The number of ketones is 1. The lowest BCUT2D eigenvalue weighted by Crippen LogP contribution is -2.30. The first kappa shape index (κ1) is 16.9. The third-order valence-electron chi connectivity index (χ3n) is 5.75. The summed E-state index contributed by atoms with van der Waals surface area (Å²) in [4.78, 5) is 13.3. The normalized spacial score (nSPS) is 21.1. The van der Waals surface area contributed by atoms with E-state index < -0.39 is 5.92 Å². The number of carbonyl (C=O) groups excluding carboxylic acids is 1. The molecule has 0 spiro atoms. The number of halogens is 1. The number of allylic oxidation sites excluding steroid dienone is 2. The molecule has 2 atom stereocenters. The van der Waals surface area contributed by atoms with Gasteiger partial charge in [-0.25, -0.2) is 4.39 Å². The van der Waals surface area contributed by atoms with Gasteiger partial charge in [-0.15, -0.1) is 0 Å². The van der Waals surface area contributed by atoms with Crippen LogP contribution in [0.25, 0.3) is 0 Å². The van der Waals surface area contributed by atoms with E-state index in [1.165, 1.54) is 6.07 Å². The van der Waals surface area contributed by atoms with Crippen molar-refractivity contribution in [1.82, 2.24) is 5.16 Å². The quantitative estimate of drug-likeness (QED) is 0.680. The number of rotatable bonds is 2. The molecule has 0 amide bonds. The molecule has 5 rings (SSSR count). The number of aromatic nitrogens is 1. The van der Waals surface area contributed by atoms with Gasteiger partial charge < -0.3 is 9.84 Å².